The van der Waals surface area contributed by atoms with E-state index in [0.29, 0.717) is 41.9 Å². The van der Waals surface area contributed by atoms with Crippen molar-refractivity contribution in [1.82, 2.24) is 10.2 Å². The number of nitrogens with zero attached hydrogens (tertiary/aromatic N) is 1. The highest BCUT2D eigenvalue weighted by Crippen LogP contribution is 2.57. The van der Waals surface area contributed by atoms with E-state index in [1.54, 1.807) is 48.5 Å². The lowest BCUT2D eigenvalue weighted by Gasteiger charge is -2.43. The number of hydrogen-bond donors (Lipinski definition) is 5. The van der Waals surface area contributed by atoms with Crippen LogP contribution in [0.1, 0.15) is 50.2 Å². The van der Waals surface area contributed by atoms with Gasteiger partial charge in [-0.1, -0.05) is 24.3 Å². The summed E-state index contributed by atoms with van der Waals surface area (Å²) in [5, 5.41) is 8.53. The Kier molecular flexibility index (Phi) is 7.82. The minimum absolute atomic E-state index is 0.211. The van der Waals surface area contributed by atoms with Gasteiger partial charge < -0.3 is 30.6 Å². The second-order valence-electron chi connectivity index (χ2n) is 9.32. The van der Waals surface area contributed by atoms with Crippen LogP contribution in [0.25, 0.3) is 0 Å². The molecule has 37 heavy (non-hydrogen) atoms. The fourth-order valence-electron chi connectivity index (χ4n) is 5.26. The number of hydrogen-bond acceptors (Lipinski definition) is 6. The molecule has 3 amide bonds. The number of anilines is 2. The van der Waals surface area contributed by atoms with Crippen LogP contribution in [0.5, 0.6) is 0 Å². The largest absolute Gasteiger partial charge is 0.472 e. The average molecular weight is 531 g/mol. The number of amides is 3. The predicted octanol–water partition coefficient (Wildman–Crippen LogP) is 2.63. The van der Waals surface area contributed by atoms with E-state index in [-0.39, 0.29) is 24.3 Å². The number of phosphoric ester groups is 1. The molecule has 2 aromatic carbocycles. The Bertz CT molecular complexity index is 1210. The molecule has 5 N–H and O–H groups in total. The molecule has 2 fully saturated rings. The lowest BCUT2D eigenvalue weighted by molar-refractivity contribution is -0.156. The van der Waals surface area contributed by atoms with Crippen molar-refractivity contribution < 1.29 is 33.3 Å². The summed E-state index contributed by atoms with van der Waals surface area (Å²) in [6, 6.07) is 12.8. The van der Waals surface area contributed by atoms with Crippen LogP contribution in [0.4, 0.5) is 11.4 Å². The van der Waals surface area contributed by atoms with Gasteiger partial charge in [0.2, 0.25) is 17.7 Å². The quantitative estimate of drug-likeness (QED) is 0.342. The molecule has 2 aromatic rings. The molecule has 4 rings (SSSR count). The minimum Gasteiger partial charge on any atom is -0.326 e. The van der Waals surface area contributed by atoms with Crippen molar-refractivity contribution in [2.45, 2.75) is 50.8 Å². The Morgan fingerprint density at radius 3 is 2.03 bits per heavy atom. The second kappa shape index (κ2) is 10.7. The van der Waals surface area contributed by atoms with Crippen molar-refractivity contribution in [1.29, 1.82) is 0 Å². The van der Waals surface area contributed by atoms with Crippen LogP contribution in [0, 0.1) is 0 Å². The summed E-state index contributed by atoms with van der Waals surface area (Å²) in [6.45, 7) is 3.66. The van der Waals surface area contributed by atoms with Crippen LogP contribution < -0.4 is 16.0 Å². The average Bonchev–Trinajstić information content (AvgIpc) is 3.47. The van der Waals surface area contributed by atoms with Gasteiger partial charge in [0.25, 0.3) is 0 Å². The number of nitrogens with one attached hydrogen (secondary N) is 3. The van der Waals surface area contributed by atoms with Gasteiger partial charge in [0.05, 0.1) is 6.04 Å². The number of rotatable bonds is 7. The molecule has 0 saturated carbocycles. The SMILES string of the molecule is CC(=O)Nc1ccc([C@H]2CCN(C(=O)[C@@H]3CCCN3)[C@]2(OP(=O)(O)O)c2ccc(NC(C)=O)cc2)cc1. The predicted molar refractivity (Wildman–Crippen MR) is 136 cm³/mol. The van der Waals surface area contributed by atoms with Gasteiger partial charge in [0, 0.05) is 43.2 Å². The number of phosphoric acid groups is 1. The lowest BCUT2D eigenvalue weighted by Crippen LogP contribution is -2.54. The Morgan fingerprint density at radius 1 is 0.973 bits per heavy atom. The highest BCUT2D eigenvalue weighted by molar-refractivity contribution is 7.46. The third-order valence-electron chi connectivity index (χ3n) is 6.65. The number of benzene rings is 2. The van der Waals surface area contributed by atoms with Gasteiger partial charge in [-0.2, -0.15) is 0 Å². The van der Waals surface area contributed by atoms with Crippen LogP contribution in [0.2, 0.25) is 0 Å². The van der Waals surface area contributed by atoms with Gasteiger partial charge in [-0.05, 0) is 55.6 Å². The first kappa shape index (κ1) is 27.0. The first-order valence-corrected chi connectivity index (χ1v) is 13.6. The fourth-order valence-corrected chi connectivity index (χ4v) is 5.95. The summed E-state index contributed by atoms with van der Waals surface area (Å²) in [7, 11) is -5.12. The molecule has 12 heteroatoms. The molecule has 2 heterocycles. The van der Waals surface area contributed by atoms with E-state index in [9.17, 15) is 28.7 Å². The van der Waals surface area contributed by atoms with Crippen molar-refractivity contribution in [2.75, 3.05) is 23.7 Å². The summed E-state index contributed by atoms with van der Waals surface area (Å²) >= 11 is 0. The summed E-state index contributed by atoms with van der Waals surface area (Å²) < 4.78 is 18.1. The van der Waals surface area contributed by atoms with Crippen molar-refractivity contribution >= 4 is 36.9 Å². The van der Waals surface area contributed by atoms with E-state index in [0.717, 1.165) is 6.42 Å². The maximum atomic E-state index is 13.7. The number of carbonyl (C=O) groups is 3. The molecule has 0 bridgehead atoms. The lowest BCUT2D eigenvalue weighted by atomic mass is 9.83. The van der Waals surface area contributed by atoms with Crippen molar-refractivity contribution in [3.05, 3.63) is 59.7 Å². The Morgan fingerprint density at radius 2 is 1.54 bits per heavy atom. The molecule has 2 aliphatic rings. The number of likely N-dealkylation sites (tertiary alicyclic amines) is 1. The van der Waals surface area contributed by atoms with Gasteiger partial charge in [0.15, 0.2) is 5.72 Å². The first-order chi connectivity index (χ1) is 17.5. The molecule has 0 spiro atoms. The van der Waals surface area contributed by atoms with Crippen molar-refractivity contribution in [3.63, 3.8) is 0 Å². The maximum absolute atomic E-state index is 13.7. The molecule has 11 nitrogen and oxygen atoms in total. The Balaban J connectivity index is 1.84. The zero-order valence-electron chi connectivity index (χ0n) is 20.6. The summed E-state index contributed by atoms with van der Waals surface area (Å²) in [4.78, 5) is 58.2. The summed E-state index contributed by atoms with van der Waals surface area (Å²) in [5.41, 5.74) is 0.295. The number of carbonyl (C=O) groups excluding carboxylic acids is 3. The summed E-state index contributed by atoms with van der Waals surface area (Å²) in [6.07, 6.45) is 1.81. The molecule has 0 aliphatic carbocycles. The molecule has 198 valence electrons. The van der Waals surface area contributed by atoms with E-state index in [1.165, 1.54) is 18.7 Å². The molecule has 2 saturated heterocycles. The molecule has 0 radical (unpaired) electrons. The maximum Gasteiger partial charge on any atom is 0.472 e. The molecule has 0 aromatic heterocycles. The highest BCUT2D eigenvalue weighted by Gasteiger charge is 2.57. The van der Waals surface area contributed by atoms with Crippen LogP contribution >= 0.6 is 7.82 Å². The van der Waals surface area contributed by atoms with Gasteiger partial charge in [-0.15, -0.1) is 0 Å². The van der Waals surface area contributed by atoms with E-state index in [4.69, 9.17) is 4.52 Å². The fraction of sp³-hybridized carbons (Fsp3) is 0.400. The molecule has 0 unspecified atom stereocenters. The third-order valence-corrected chi connectivity index (χ3v) is 7.17. The van der Waals surface area contributed by atoms with Crippen LogP contribution in [0.3, 0.4) is 0 Å². The van der Waals surface area contributed by atoms with Gasteiger partial charge in [0.1, 0.15) is 0 Å². The van der Waals surface area contributed by atoms with Crippen LogP contribution in [-0.2, 0) is 29.2 Å². The van der Waals surface area contributed by atoms with Crippen LogP contribution in [0.15, 0.2) is 48.5 Å². The third kappa shape index (κ3) is 5.92. The van der Waals surface area contributed by atoms with Crippen LogP contribution in [-0.4, -0.2) is 51.5 Å². The standard InChI is InChI=1S/C25H31N4O7P/c1-16(30)27-20-9-5-18(6-10-20)22-13-15-29(24(32)23-4-3-14-26-23)25(22,36-37(33,34)35)19-7-11-21(12-8-19)28-17(2)31/h5-12,22-23,26H,3-4,13-15H2,1-2H3,(H,27,30)(H,28,31)(H2,33,34,35)/t22-,23+,25+/m1/s1. The monoisotopic (exact) mass is 530 g/mol. The second-order valence-corrected chi connectivity index (χ2v) is 10.5. The Labute approximate surface area is 214 Å². The topological polar surface area (TPSA) is 157 Å². The zero-order chi connectivity index (χ0) is 26.8. The normalized spacial score (nSPS) is 23.6. The van der Waals surface area contributed by atoms with Gasteiger partial charge in [-0.25, -0.2) is 4.57 Å². The van der Waals surface area contributed by atoms with Gasteiger partial charge in [-0.3, -0.25) is 18.9 Å². The smallest absolute Gasteiger partial charge is 0.326 e. The summed E-state index contributed by atoms with van der Waals surface area (Å²) in [5.74, 6) is -1.43. The first-order valence-electron chi connectivity index (χ1n) is 12.1. The zero-order valence-corrected chi connectivity index (χ0v) is 21.5. The molecule has 2 aliphatic heterocycles. The van der Waals surface area contributed by atoms with Crippen molar-refractivity contribution in [3.8, 4) is 0 Å². The van der Waals surface area contributed by atoms with E-state index in [2.05, 4.69) is 16.0 Å². The molecule has 3 atom stereocenters. The van der Waals surface area contributed by atoms with E-state index >= 15 is 0 Å². The molecular formula is C25H31N4O7P. The Hall–Kier alpha value is -3.08. The highest BCUT2D eigenvalue weighted by atomic mass is 31.2. The van der Waals surface area contributed by atoms with E-state index < -0.39 is 25.5 Å². The minimum atomic E-state index is -5.12. The molecular weight excluding hydrogens is 499 g/mol. The van der Waals surface area contributed by atoms with E-state index in [1.807, 2.05) is 0 Å². The van der Waals surface area contributed by atoms with Crippen molar-refractivity contribution in [2.24, 2.45) is 0 Å². The van der Waals surface area contributed by atoms with Gasteiger partial charge >= 0.3 is 7.82 Å².